The first kappa shape index (κ1) is 15.3. The topological polar surface area (TPSA) is 34.0 Å². The molecule has 0 unspecified atom stereocenters. The highest BCUT2D eigenvalue weighted by atomic mass is 16.1. The molecule has 1 aromatic carbocycles. The molecule has 0 bridgehead atoms. The highest BCUT2D eigenvalue weighted by Crippen LogP contribution is 2.39. The van der Waals surface area contributed by atoms with Gasteiger partial charge in [0.2, 0.25) is 0 Å². The minimum Gasteiger partial charge on any atom is -0.341 e. The molecule has 1 aliphatic rings. The number of hydrogen-bond acceptors (Lipinski definition) is 2. The maximum Gasteiger partial charge on any atom is 0.185 e. The van der Waals surface area contributed by atoms with Crippen LogP contribution in [-0.2, 0) is 7.05 Å². The summed E-state index contributed by atoms with van der Waals surface area (Å²) in [6, 6.07) is 10.3. The molecule has 0 spiro atoms. The van der Waals surface area contributed by atoms with Crippen molar-refractivity contribution >= 4 is 16.7 Å². The highest BCUT2D eigenvalue weighted by molar-refractivity contribution is 6.03. The number of carbonyl (C=O) groups is 1. The molecule has 1 saturated heterocycles. The molecule has 118 valence electrons. The second-order valence-electron chi connectivity index (χ2n) is 7.10. The average Bonchev–Trinajstić information content (AvgIpc) is 2.84. The summed E-state index contributed by atoms with van der Waals surface area (Å²) in [5.41, 5.74) is 1.81. The van der Waals surface area contributed by atoms with Gasteiger partial charge in [0, 0.05) is 23.4 Å². The summed E-state index contributed by atoms with van der Waals surface area (Å²) in [7, 11) is 2.01. The van der Waals surface area contributed by atoms with Crippen molar-refractivity contribution in [3.63, 3.8) is 0 Å². The molecule has 0 atom stereocenters. The molecule has 2 aromatic rings. The van der Waals surface area contributed by atoms with Gasteiger partial charge in [-0.15, -0.1) is 0 Å². The quantitative estimate of drug-likeness (QED) is 0.872. The molecule has 3 heteroatoms. The third-order valence-electron chi connectivity index (χ3n) is 5.03. The molecule has 1 aromatic heterocycles. The first-order valence-electron chi connectivity index (χ1n) is 8.33. The smallest absolute Gasteiger partial charge is 0.185 e. The zero-order valence-electron chi connectivity index (χ0n) is 13.9. The van der Waals surface area contributed by atoms with Crippen LogP contribution >= 0.6 is 0 Å². The molecule has 0 saturated carbocycles. The van der Waals surface area contributed by atoms with Gasteiger partial charge in [-0.25, -0.2) is 0 Å². The number of piperidine rings is 1. The molecule has 0 amide bonds. The first-order chi connectivity index (χ1) is 10.5. The fourth-order valence-electron chi connectivity index (χ4n) is 3.99. The van der Waals surface area contributed by atoms with Crippen LogP contribution in [0.4, 0.5) is 0 Å². The maximum absolute atomic E-state index is 13.4. The fourth-order valence-corrected chi connectivity index (χ4v) is 3.99. The predicted octanol–water partition coefficient (Wildman–Crippen LogP) is 3.78. The summed E-state index contributed by atoms with van der Waals surface area (Å²) in [6.07, 6.45) is 2.88. The van der Waals surface area contributed by atoms with Gasteiger partial charge >= 0.3 is 0 Å². The predicted molar refractivity (Wildman–Crippen MR) is 91.2 cm³/mol. The van der Waals surface area contributed by atoms with Crippen molar-refractivity contribution in [2.45, 2.75) is 33.1 Å². The van der Waals surface area contributed by atoms with Crippen LogP contribution < -0.4 is 5.32 Å². The van der Waals surface area contributed by atoms with Crippen LogP contribution in [0.5, 0.6) is 0 Å². The van der Waals surface area contributed by atoms with Crippen LogP contribution in [0.3, 0.4) is 0 Å². The molecule has 22 heavy (non-hydrogen) atoms. The molecule has 1 N–H and O–H groups in total. The van der Waals surface area contributed by atoms with Crippen LogP contribution in [-0.4, -0.2) is 23.4 Å². The Morgan fingerprint density at radius 1 is 1.27 bits per heavy atom. The SMILES string of the molecule is CC(C)CC1(C(=O)c2cc3ccccc3n2C)CCNCC1. The monoisotopic (exact) mass is 298 g/mol. The lowest BCUT2D eigenvalue weighted by Gasteiger charge is -2.37. The van der Waals surface area contributed by atoms with E-state index in [0.29, 0.717) is 11.7 Å². The Morgan fingerprint density at radius 3 is 2.59 bits per heavy atom. The van der Waals surface area contributed by atoms with E-state index in [1.165, 1.54) is 0 Å². The van der Waals surface area contributed by atoms with Crippen molar-refractivity contribution in [1.29, 1.82) is 0 Å². The van der Waals surface area contributed by atoms with Gasteiger partial charge in [-0.3, -0.25) is 4.79 Å². The van der Waals surface area contributed by atoms with Crippen molar-refractivity contribution < 1.29 is 4.79 Å². The van der Waals surface area contributed by atoms with E-state index in [4.69, 9.17) is 0 Å². The number of hydrogen-bond donors (Lipinski definition) is 1. The van der Waals surface area contributed by atoms with Crippen LogP contribution in [0.25, 0.3) is 10.9 Å². The molecule has 3 rings (SSSR count). The average molecular weight is 298 g/mol. The summed E-state index contributed by atoms with van der Waals surface area (Å²) < 4.78 is 2.07. The highest BCUT2D eigenvalue weighted by Gasteiger charge is 2.41. The lowest BCUT2D eigenvalue weighted by molar-refractivity contribution is 0.0665. The van der Waals surface area contributed by atoms with Crippen molar-refractivity contribution in [1.82, 2.24) is 9.88 Å². The third kappa shape index (κ3) is 2.58. The van der Waals surface area contributed by atoms with Gasteiger partial charge in [0.25, 0.3) is 0 Å². The van der Waals surface area contributed by atoms with Crippen LogP contribution in [0.1, 0.15) is 43.6 Å². The van der Waals surface area contributed by atoms with Crippen molar-refractivity contribution in [3.8, 4) is 0 Å². The van der Waals surface area contributed by atoms with E-state index in [1.54, 1.807) is 0 Å². The van der Waals surface area contributed by atoms with Gasteiger partial charge in [0.05, 0.1) is 5.69 Å². The molecular weight excluding hydrogens is 272 g/mol. The van der Waals surface area contributed by atoms with Crippen LogP contribution in [0.15, 0.2) is 30.3 Å². The lowest BCUT2D eigenvalue weighted by atomic mass is 9.69. The number of rotatable bonds is 4. The number of para-hydroxylation sites is 1. The fraction of sp³-hybridized carbons (Fsp3) is 0.526. The Bertz CT molecular complexity index is 678. The number of fused-ring (bicyclic) bond motifs is 1. The summed E-state index contributed by atoms with van der Waals surface area (Å²) in [4.78, 5) is 13.4. The van der Waals surface area contributed by atoms with Gasteiger partial charge in [-0.2, -0.15) is 0 Å². The number of ketones is 1. The van der Waals surface area contributed by atoms with Crippen molar-refractivity contribution in [2.75, 3.05) is 13.1 Å². The maximum atomic E-state index is 13.4. The third-order valence-corrected chi connectivity index (χ3v) is 5.03. The standard InChI is InChI=1S/C19H26N2O/c1-14(2)13-19(8-10-20-11-9-19)18(22)17-12-15-6-4-5-7-16(15)21(17)3/h4-7,12,14,20H,8-11,13H2,1-3H3. The summed E-state index contributed by atoms with van der Waals surface area (Å²) in [5, 5.41) is 4.56. The van der Waals surface area contributed by atoms with E-state index in [9.17, 15) is 4.79 Å². The largest absolute Gasteiger partial charge is 0.341 e. The number of aryl methyl sites for hydroxylation is 1. The molecule has 3 nitrogen and oxygen atoms in total. The van der Waals surface area contributed by atoms with Gasteiger partial charge in [0.15, 0.2) is 5.78 Å². The number of aromatic nitrogens is 1. The van der Waals surface area contributed by atoms with Gasteiger partial charge < -0.3 is 9.88 Å². The number of carbonyl (C=O) groups excluding carboxylic acids is 1. The second kappa shape index (κ2) is 5.88. The summed E-state index contributed by atoms with van der Waals surface area (Å²) in [6.45, 7) is 6.34. The van der Waals surface area contributed by atoms with E-state index in [1.807, 2.05) is 19.2 Å². The van der Waals surface area contributed by atoms with E-state index in [2.05, 4.69) is 41.9 Å². The number of Topliss-reactive ketones (excluding diaryl/α,β-unsaturated/α-hetero) is 1. The minimum atomic E-state index is -0.193. The summed E-state index contributed by atoms with van der Waals surface area (Å²) in [5.74, 6) is 0.873. The number of benzene rings is 1. The van der Waals surface area contributed by atoms with Crippen LogP contribution in [0.2, 0.25) is 0 Å². The van der Waals surface area contributed by atoms with E-state index < -0.39 is 0 Å². The molecule has 0 aliphatic carbocycles. The van der Waals surface area contributed by atoms with Crippen molar-refractivity contribution in [2.24, 2.45) is 18.4 Å². The van der Waals surface area contributed by atoms with E-state index in [-0.39, 0.29) is 5.41 Å². The Balaban J connectivity index is 2.03. The zero-order chi connectivity index (χ0) is 15.7. The van der Waals surface area contributed by atoms with Crippen LogP contribution in [0, 0.1) is 11.3 Å². The molecule has 2 heterocycles. The number of nitrogens with zero attached hydrogens (tertiary/aromatic N) is 1. The number of nitrogens with one attached hydrogen (secondary N) is 1. The molecule has 1 fully saturated rings. The Kier molecular flexibility index (Phi) is 4.09. The normalized spacial score (nSPS) is 18.0. The van der Waals surface area contributed by atoms with Gasteiger partial charge in [-0.05, 0) is 50.4 Å². The van der Waals surface area contributed by atoms with E-state index in [0.717, 1.165) is 48.9 Å². The van der Waals surface area contributed by atoms with Gasteiger partial charge in [0.1, 0.15) is 0 Å². The van der Waals surface area contributed by atoms with E-state index >= 15 is 0 Å². The minimum absolute atomic E-state index is 0.193. The lowest BCUT2D eigenvalue weighted by Crippen LogP contribution is -2.43. The molecule has 0 radical (unpaired) electrons. The Hall–Kier alpha value is -1.61. The Labute approximate surface area is 132 Å². The first-order valence-corrected chi connectivity index (χ1v) is 8.33. The molecular formula is C19H26N2O. The van der Waals surface area contributed by atoms with Crippen molar-refractivity contribution in [3.05, 3.63) is 36.0 Å². The van der Waals surface area contributed by atoms with Gasteiger partial charge in [-0.1, -0.05) is 32.0 Å². The zero-order valence-corrected chi connectivity index (χ0v) is 13.9. The summed E-state index contributed by atoms with van der Waals surface area (Å²) >= 11 is 0. The Morgan fingerprint density at radius 2 is 1.95 bits per heavy atom. The second-order valence-corrected chi connectivity index (χ2v) is 7.10. The molecule has 1 aliphatic heterocycles.